The number of carbonyl (C=O) groups is 1. The number of carbonyl (C=O) groups excluding carboxylic acids is 1. The Morgan fingerprint density at radius 2 is 2.40 bits per heavy atom. The minimum absolute atomic E-state index is 0.0446. The molecule has 0 radical (unpaired) electrons. The van der Waals surface area contributed by atoms with Gasteiger partial charge in [-0.25, -0.2) is 9.55 Å². The molecule has 0 bridgehead atoms. The monoisotopic (exact) mass is 213 g/mol. The predicted molar refractivity (Wildman–Crippen MR) is 50.0 cm³/mol. The Morgan fingerprint density at radius 1 is 1.73 bits per heavy atom. The molecule has 0 spiro atoms. The van der Waals surface area contributed by atoms with E-state index in [1.807, 2.05) is 0 Å². The zero-order chi connectivity index (χ0) is 11.4. The van der Waals surface area contributed by atoms with Crippen molar-refractivity contribution in [2.75, 3.05) is 0 Å². The van der Waals surface area contributed by atoms with Gasteiger partial charge in [0.05, 0.1) is 6.54 Å². The Morgan fingerprint density at radius 3 is 2.87 bits per heavy atom. The molecule has 0 N–H and O–H groups in total. The number of hydrogen-bond acceptors (Lipinski definition) is 5. The van der Waals surface area contributed by atoms with E-state index in [0.29, 0.717) is 12.4 Å². The summed E-state index contributed by atoms with van der Waals surface area (Å²) in [6, 6.07) is 0. The average Bonchev–Trinajstić information content (AvgIpc) is 2.57. The summed E-state index contributed by atoms with van der Waals surface area (Å²) in [5.74, 6) is -0.164. The summed E-state index contributed by atoms with van der Waals surface area (Å²) in [7, 11) is 0. The second kappa shape index (κ2) is 4.54. The summed E-state index contributed by atoms with van der Waals surface area (Å²) in [5.41, 5.74) is 0. The van der Waals surface area contributed by atoms with Gasteiger partial charge < -0.3 is 14.9 Å². The number of hydrogen-bond donors (Lipinski definition) is 0. The lowest BCUT2D eigenvalue weighted by Crippen LogP contribution is -2.08. The lowest BCUT2D eigenvalue weighted by atomic mass is 10.6. The van der Waals surface area contributed by atoms with Gasteiger partial charge in [-0.3, -0.25) is 4.79 Å². The van der Waals surface area contributed by atoms with Gasteiger partial charge in [-0.05, 0) is 11.8 Å². The van der Waals surface area contributed by atoms with Gasteiger partial charge in [0, 0.05) is 6.92 Å². The largest absolute Gasteiger partial charge is 0.455 e. The molecule has 0 unspecified atom stereocenters. The van der Waals surface area contributed by atoms with E-state index >= 15 is 0 Å². The van der Waals surface area contributed by atoms with Crippen molar-refractivity contribution in [3.8, 4) is 0 Å². The van der Waals surface area contributed by atoms with Gasteiger partial charge in [0.2, 0.25) is 5.82 Å². The molecule has 0 fully saturated rings. The molecule has 0 aliphatic rings. The molecule has 0 aliphatic heterocycles. The van der Waals surface area contributed by atoms with Crippen LogP contribution in [0.1, 0.15) is 19.7 Å². The molecule has 0 amide bonds. The molecule has 0 saturated carbocycles. The van der Waals surface area contributed by atoms with Crippen LogP contribution in [0.15, 0.2) is 6.20 Å². The molecule has 82 valence electrons. The fourth-order valence-corrected chi connectivity index (χ4v) is 1.18. The highest BCUT2D eigenvalue weighted by Crippen LogP contribution is 2.14. The van der Waals surface area contributed by atoms with Crippen LogP contribution in [0.5, 0.6) is 0 Å². The number of imidazole rings is 1. The summed E-state index contributed by atoms with van der Waals surface area (Å²) >= 11 is 0. The van der Waals surface area contributed by atoms with Crippen molar-refractivity contribution in [1.82, 2.24) is 9.55 Å². The van der Waals surface area contributed by atoms with E-state index < -0.39 is 10.9 Å². The predicted octanol–water partition coefficient (Wildman–Crippen LogP) is 0.874. The van der Waals surface area contributed by atoms with Gasteiger partial charge >= 0.3 is 11.8 Å². The van der Waals surface area contributed by atoms with Gasteiger partial charge in [0.1, 0.15) is 6.20 Å². The normalized spacial score (nSPS) is 10.0. The van der Waals surface area contributed by atoms with Gasteiger partial charge in [-0.15, -0.1) is 0 Å². The molecule has 0 atom stereocenters. The maximum atomic E-state index is 10.6. The van der Waals surface area contributed by atoms with E-state index in [1.165, 1.54) is 11.5 Å². The van der Waals surface area contributed by atoms with E-state index in [4.69, 9.17) is 4.74 Å². The molecule has 1 rings (SSSR count). The van der Waals surface area contributed by atoms with Crippen LogP contribution in [-0.4, -0.2) is 20.4 Å². The topological polar surface area (TPSA) is 87.3 Å². The van der Waals surface area contributed by atoms with Crippen LogP contribution in [0.4, 0.5) is 5.82 Å². The standard InChI is InChI=1S/C8H11N3O4/c1-3-10-7(5-15-6(2)12)9-4-8(10)11(13)14/h4H,3,5H2,1-2H3. The summed E-state index contributed by atoms with van der Waals surface area (Å²) in [6.07, 6.45) is 1.16. The van der Waals surface area contributed by atoms with Crippen molar-refractivity contribution in [3.63, 3.8) is 0 Å². The Kier molecular flexibility index (Phi) is 3.37. The molecule has 0 aromatic carbocycles. The quantitative estimate of drug-likeness (QED) is 0.420. The number of nitro groups is 1. The summed E-state index contributed by atoms with van der Waals surface area (Å²) in [4.78, 5) is 24.4. The number of rotatable bonds is 4. The summed E-state index contributed by atoms with van der Waals surface area (Å²) < 4.78 is 6.11. The Hall–Kier alpha value is -1.92. The second-order valence-corrected chi connectivity index (χ2v) is 2.81. The zero-order valence-electron chi connectivity index (χ0n) is 8.47. The number of aromatic nitrogens is 2. The summed E-state index contributed by atoms with van der Waals surface area (Å²) in [6.45, 7) is 3.39. The smallest absolute Gasteiger partial charge is 0.342 e. The molecule has 1 aromatic heterocycles. The Bertz CT molecular complexity index is 385. The van der Waals surface area contributed by atoms with Crippen molar-refractivity contribution in [3.05, 3.63) is 22.1 Å². The lowest BCUT2D eigenvalue weighted by Gasteiger charge is -2.01. The zero-order valence-corrected chi connectivity index (χ0v) is 8.47. The Labute approximate surface area is 85.8 Å². The minimum Gasteiger partial charge on any atom is -0.455 e. The van der Waals surface area contributed by atoms with Gasteiger partial charge in [-0.2, -0.15) is 0 Å². The molecule has 15 heavy (non-hydrogen) atoms. The SMILES string of the molecule is CCn1c([N+](=O)[O-])cnc1COC(C)=O. The molecule has 0 aliphatic carbocycles. The van der Waals surface area contributed by atoms with Crippen LogP contribution in [0.2, 0.25) is 0 Å². The number of esters is 1. The fraction of sp³-hybridized carbons (Fsp3) is 0.500. The molecular formula is C8H11N3O4. The molecule has 1 heterocycles. The molecule has 0 saturated heterocycles. The van der Waals surface area contributed by atoms with Crippen LogP contribution in [0, 0.1) is 10.1 Å². The van der Waals surface area contributed by atoms with Gasteiger partial charge in [0.15, 0.2) is 6.61 Å². The van der Waals surface area contributed by atoms with Gasteiger partial charge in [-0.1, -0.05) is 0 Å². The first kappa shape index (κ1) is 11.2. The Balaban J connectivity index is 2.89. The van der Waals surface area contributed by atoms with Crippen LogP contribution < -0.4 is 0 Å². The highest BCUT2D eigenvalue weighted by atomic mass is 16.6. The third-order valence-electron chi connectivity index (χ3n) is 1.82. The van der Waals surface area contributed by atoms with E-state index in [0.717, 1.165) is 6.20 Å². The maximum absolute atomic E-state index is 10.6. The van der Waals surface area contributed by atoms with Crippen molar-refractivity contribution < 1.29 is 14.5 Å². The van der Waals surface area contributed by atoms with E-state index in [9.17, 15) is 14.9 Å². The van der Waals surface area contributed by atoms with Crippen molar-refractivity contribution >= 4 is 11.8 Å². The van der Waals surface area contributed by atoms with Crippen molar-refractivity contribution in [2.24, 2.45) is 0 Å². The van der Waals surface area contributed by atoms with Crippen molar-refractivity contribution in [2.45, 2.75) is 27.0 Å². The van der Waals surface area contributed by atoms with E-state index in [1.54, 1.807) is 6.92 Å². The number of nitrogens with zero attached hydrogens (tertiary/aromatic N) is 3. The van der Waals surface area contributed by atoms with Crippen molar-refractivity contribution in [1.29, 1.82) is 0 Å². The highest BCUT2D eigenvalue weighted by Gasteiger charge is 2.18. The molecule has 7 heteroatoms. The third-order valence-corrected chi connectivity index (χ3v) is 1.82. The minimum atomic E-state index is -0.520. The maximum Gasteiger partial charge on any atom is 0.342 e. The first-order valence-electron chi connectivity index (χ1n) is 4.38. The third kappa shape index (κ3) is 2.52. The van der Waals surface area contributed by atoms with E-state index in [2.05, 4.69) is 4.98 Å². The van der Waals surface area contributed by atoms with Crippen LogP contribution in [0.3, 0.4) is 0 Å². The average molecular weight is 213 g/mol. The first-order valence-corrected chi connectivity index (χ1v) is 4.38. The fourth-order valence-electron chi connectivity index (χ4n) is 1.18. The van der Waals surface area contributed by atoms with E-state index in [-0.39, 0.29) is 12.4 Å². The van der Waals surface area contributed by atoms with Crippen LogP contribution >= 0.6 is 0 Å². The first-order chi connectivity index (χ1) is 7.06. The lowest BCUT2D eigenvalue weighted by molar-refractivity contribution is -0.392. The summed E-state index contributed by atoms with van der Waals surface area (Å²) in [5, 5.41) is 10.6. The van der Waals surface area contributed by atoms with Crippen LogP contribution in [0.25, 0.3) is 0 Å². The molecular weight excluding hydrogens is 202 g/mol. The molecule has 7 nitrogen and oxygen atoms in total. The highest BCUT2D eigenvalue weighted by molar-refractivity contribution is 5.65. The van der Waals surface area contributed by atoms with Crippen LogP contribution in [-0.2, 0) is 22.7 Å². The van der Waals surface area contributed by atoms with Gasteiger partial charge in [0.25, 0.3) is 0 Å². The molecule has 1 aromatic rings. The second-order valence-electron chi connectivity index (χ2n) is 2.81. The number of ether oxygens (including phenoxy) is 1.